The van der Waals surface area contributed by atoms with E-state index in [9.17, 15) is 4.79 Å². The molecule has 1 aliphatic rings. The van der Waals surface area contributed by atoms with E-state index in [0.717, 1.165) is 46.0 Å². The number of benzene rings is 2. The summed E-state index contributed by atoms with van der Waals surface area (Å²) < 4.78 is 5.24. The third-order valence-electron chi connectivity index (χ3n) is 5.86. The predicted molar refractivity (Wildman–Crippen MR) is 131 cm³/mol. The lowest BCUT2D eigenvalue weighted by atomic mass is 10.1. The molecule has 3 heterocycles. The number of nitrogen functional groups attached to an aromatic ring is 1. The molecule has 0 aliphatic carbocycles. The van der Waals surface area contributed by atoms with Crippen LogP contribution < -0.4 is 15.4 Å². The molecule has 6 nitrogen and oxygen atoms in total. The first kappa shape index (κ1) is 20.3. The Balaban J connectivity index is 1.33. The summed E-state index contributed by atoms with van der Waals surface area (Å²) in [6.45, 7) is 2.86. The Morgan fingerprint density at radius 2 is 1.69 bits per heavy atom. The number of piperazine rings is 1. The van der Waals surface area contributed by atoms with Crippen molar-refractivity contribution in [1.82, 2.24) is 9.88 Å². The van der Waals surface area contributed by atoms with Gasteiger partial charge in [-0.15, -0.1) is 11.3 Å². The number of fused-ring (bicyclic) bond motifs is 1. The number of methoxy groups -OCH3 is 1. The second-order valence-corrected chi connectivity index (χ2v) is 8.74. The van der Waals surface area contributed by atoms with Gasteiger partial charge in [-0.05, 0) is 36.4 Å². The van der Waals surface area contributed by atoms with Gasteiger partial charge in [0.1, 0.15) is 15.5 Å². The van der Waals surface area contributed by atoms with E-state index in [2.05, 4.69) is 17.0 Å². The van der Waals surface area contributed by atoms with Gasteiger partial charge in [0, 0.05) is 42.8 Å². The minimum atomic E-state index is -0.0128. The molecule has 0 atom stereocenters. The van der Waals surface area contributed by atoms with Crippen LogP contribution in [0.4, 0.5) is 11.4 Å². The van der Waals surface area contributed by atoms with E-state index in [1.165, 1.54) is 11.3 Å². The minimum Gasteiger partial charge on any atom is -0.497 e. The van der Waals surface area contributed by atoms with E-state index in [0.29, 0.717) is 23.7 Å². The lowest BCUT2D eigenvalue weighted by Crippen LogP contribution is -2.48. The number of amides is 1. The molecular weight excluding hydrogens is 420 g/mol. The van der Waals surface area contributed by atoms with E-state index in [1.54, 1.807) is 7.11 Å². The molecule has 32 heavy (non-hydrogen) atoms. The molecule has 1 fully saturated rings. The molecular formula is C25H24N4O2S. The molecule has 0 unspecified atom stereocenters. The van der Waals surface area contributed by atoms with Crippen molar-refractivity contribution in [2.45, 2.75) is 0 Å². The van der Waals surface area contributed by atoms with Crippen molar-refractivity contribution >= 4 is 38.8 Å². The van der Waals surface area contributed by atoms with Gasteiger partial charge in [-0.1, -0.05) is 30.3 Å². The van der Waals surface area contributed by atoms with E-state index in [1.807, 2.05) is 59.5 Å². The number of nitrogens with two attached hydrogens (primary N) is 1. The van der Waals surface area contributed by atoms with Crippen LogP contribution in [0.3, 0.4) is 0 Å². The Morgan fingerprint density at radius 1 is 0.969 bits per heavy atom. The first-order valence-corrected chi connectivity index (χ1v) is 11.4. The largest absolute Gasteiger partial charge is 0.497 e. The molecule has 162 valence electrons. The highest BCUT2D eigenvalue weighted by Gasteiger charge is 2.26. The van der Waals surface area contributed by atoms with Crippen molar-refractivity contribution in [2.75, 3.05) is 43.9 Å². The Bertz CT molecular complexity index is 1250. The van der Waals surface area contributed by atoms with Crippen LogP contribution in [0.25, 0.3) is 21.5 Å². The van der Waals surface area contributed by atoms with Gasteiger partial charge in [0.25, 0.3) is 5.91 Å². The van der Waals surface area contributed by atoms with Gasteiger partial charge in [0.2, 0.25) is 0 Å². The summed E-state index contributed by atoms with van der Waals surface area (Å²) in [7, 11) is 1.66. The number of nitrogens with zero attached hydrogens (tertiary/aromatic N) is 3. The van der Waals surface area contributed by atoms with E-state index < -0.39 is 0 Å². The molecule has 0 bridgehead atoms. The van der Waals surface area contributed by atoms with Crippen molar-refractivity contribution in [3.8, 4) is 17.0 Å². The molecule has 2 aromatic heterocycles. The van der Waals surface area contributed by atoms with Crippen molar-refractivity contribution in [2.24, 2.45) is 0 Å². The van der Waals surface area contributed by atoms with Crippen molar-refractivity contribution in [1.29, 1.82) is 0 Å². The fourth-order valence-corrected chi connectivity index (χ4v) is 5.09. The number of ether oxygens (including phenoxy) is 1. The molecule has 2 N–H and O–H groups in total. The highest BCUT2D eigenvalue weighted by molar-refractivity contribution is 7.21. The molecule has 2 aromatic carbocycles. The molecule has 1 saturated heterocycles. The van der Waals surface area contributed by atoms with Crippen LogP contribution in [0, 0.1) is 0 Å². The molecule has 0 radical (unpaired) electrons. The zero-order valence-corrected chi connectivity index (χ0v) is 18.6. The highest BCUT2D eigenvalue weighted by atomic mass is 32.1. The maximum atomic E-state index is 13.3. The SMILES string of the molecule is COc1ccc(N2CCN(C(=O)c3sc4nc(-c5ccccc5)ccc4c3N)CC2)cc1. The van der Waals surface area contributed by atoms with Crippen molar-refractivity contribution < 1.29 is 9.53 Å². The fraction of sp³-hybridized carbons (Fsp3) is 0.200. The quantitative estimate of drug-likeness (QED) is 0.501. The van der Waals surface area contributed by atoms with Crippen LogP contribution in [-0.2, 0) is 0 Å². The monoisotopic (exact) mass is 444 g/mol. The molecule has 5 rings (SSSR count). The van der Waals surface area contributed by atoms with Gasteiger partial charge >= 0.3 is 0 Å². The van der Waals surface area contributed by atoms with Gasteiger partial charge in [0.15, 0.2) is 0 Å². The van der Waals surface area contributed by atoms with Crippen LogP contribution in [0.2, 0.25) is 0 Å². The average molecular weight is 445 g/mol. The molecule has 0 spiro atoms. The summed E-state index contributed by atoms with van der Waals surface area (Å²) in [4.78, 5) is 23.6. The number of carbonyl (C=O) groups excluding carboxylic acids is 1. The Morgan fingerprint density at radius 3 is 2.38 bits per heavy atom. The smallest absolute Gasteiger partial charge is 0.266 e. The summed E-state index contributed by atoms with van der Waals surface area (Å²) >= 11 is 1.38. The average Bonchev–Trinajstić information content (AvgIpc) is 3.20. The van der Waals surface area contributed by atoms with E-state index >= 15 is 0 Å². The third kappa shape index (κ3) is 3.76. The summed E-state index contributed by atoms with van der Waals surface area (Å²) in [6, 6.07) is 22.0. The maximum Gasteiger partial charge on any atom is 0.266 e. The minimum absolute atomic E-state index is 0.0128. The normalized spacial score (nSPS) is 14.0. The zero-order valence-electron chi connectivity index (χ0n) is 17.8. The van der Waals surface area contributed by atoms with Crippen molar-refractivity contribution in [3.63, 3.8) is 0 Å². The number of anilines is 2. The topological polar surface area (TPSA) is 71.7 Å². The standard InChI is InChI=1S/C25H24N4O2S/c1-31-19-9-7-18(8-10-19)28-13-15-29(16-14-28)25(30)23-22(26)20-11-12-21(27-24(20)32-23)17-5-3-2-4-6-17/h2-12H,13-16,26H2,1H3. The second kappa shape index (κ2) is 8.51. The number of thiophene rings is 1. The van der Waals surface area contributed by atoms with Crippen LogP contribution in [-0.4, -0.2) is 49.1 Å². The Hall–Kier alpha value is -3.58. The maximum absolute atomic E-state index is 13.3. The van der Waals surface area contributed by atoms with E-state index in [-0.39, 0.29) is 5.91 Å². The molecule has 4 aromatic rings. The molecule has 1 aliphatic heterocycles. The second-order valence-electron chi connectivity index (χ2n) is 7.74. The van der Waals surface area contributed by atoms with Gasteiger partial charge in [0.05, 0.1) is 18.5 Å². The number of hydrogen-bond acceptors (Lipinski definition) is 6. The molecule has 7 heteroatoms. The van der Waals surface area contributed by atoms with Gasteiger partial charge < -0.3 is 20.3 Å². The van der Waals surface area contributed by atoms with E-state index in [4.69, 9.17) is 15.5 Å². The predicted octanol–water partition coefficient (Wildman–Crippen LogP) is 4.52. The number of aromatic nitrogens is 1. The molecule has 1 amide bonds. The summed E-state index contributed by atoms with van der Waals surface area (Å²) in [5.41, 5.74) is 9.97. The number of pyridine rings is 1. The van der Waals surface area contributed by atoms with Crippen LogP contribution >= 0.6 is 11.3 Å². The number of rotatable bonds is 4. The third-order valence-corrected chi connectivity index (χ3v) is 6.97. The van der Waals surface area contributed by atoms with Gasteiger partial charge in [-0.3, -0.25) is 4.79 Å². The zero-order chi connectivity index (χ0) is 22.1. The van der Waals surface area contributed by atoms with Crippen molar-refractivity contribution in [3.05, 3.63) is 71.6 Å². The highest BCUT2D eigenvalue weighted by Crippen LogP contribution is 2.35. The summed E-state index contributed by atoms with van der Waals surface area (Å²) in [6.07, 6.45) is 0. The Kier molecular flexibility index (Phi) is 5.41. The lowest BCUT2D eigenvalue weighted by Gasteiger charge is -2.36. The Labute approximate surface area is 190 Å². The summed E-state index contributed by atoms with van der Waals surface area (Å²) in [5, 5.41) is 0.842. The van der Waals surface area contributed by atoms with Gasteiger partial charge in [-0.2, -0.15) is 0 Å². The van der Waals surface area contributed by atoms with Crippen LogP contribution in [0.15, 0.2) is 66.7 Å². The first-order chi connectivity index (χ1) is 15.6. The first-order valence-electron chi connectivity index (χ1n) is 10.6. The van der Waals surface area contributed by atoms with Gasteiger partial charge in [-0.25, -0.2) is 4.98 Å². The fourth-order valence-electron chi connectivity index (χ4n) is 4.03. The number of hydrogen-bond donors (Lipinski definition) is 1. The summed E-state index contributed by atoms with van der Waals surface area (Å²) in [5.74, 6) is 0.827. The van der Waals surface area contributed by atoms with Crippen LogP contribution in [0.1, 0.15) is 9.67 Å². The molecule has 0 saturated carbocycles. The van der Waals surface area contributed by atoms with Crippen LogP contribution in [0.5, 0.6) is 5.75 Å². The lowest BCUT2D eigenvalue weighted by molar-refractivity contribution is 0.0752. The number of carbonyl (C=O) groups is 1.